The lowest BCUT2D eigenvalue weighted by Gasteiger charge is -2.21. The van der Waals surface area contributed by atoms with Crippen molar-refractivity contribution in [2.24, 2.45) is 10.2 Å². The van der Waals surface area contributed by atoms with E-state index in [4.69, 9.17) is 9.47 Å². The maximum absolute atomic E-state index is 11.2. The number of carbonyl (C=O) groups is 2. The molecule has 0 aliphatic carbocycles. The quantitative estimate of drug-likeness (QED) is 0.694. The maximum Gasteiger partial charge on any atom is 0.453 e. The van der Waals surface area contributed by atoms with E-state index in [9.17, 15) is 9.59 Å². The van der Waals surface area contributed by atoms with Gasteiger partial charge < -0.3 is 9.47 Å². The van der Waals surface area contributed by atoms with Crippen LogP contribution in [0.15, 0.2) is 10.2 Å². The average molecular weight is 244 g/mol. The summed E-state index contributed by atoms with van der Waals surface area (Å²) >= 11 is 0. The third-order valence-corrected chi connectivity index (χ3v) is 1.82. The highest BCUT2D eigenvalue weighted by Crippen LogP contribution is 2.14. The number of rotatable bonds is 2. The van der Waals surface area contributed by atoms with Crippen LogP contribution in [0.25, 0.3) is 0 Å². The van der Waals surface area contributed by atoms with Crippen molar-refractivity contribution in [2.45, 2.75) is 59.2 Å². The van der Waals surface area contributed by atoms with E-state index >= 15 is 0 Å². The molecule has 0 rings (SSSR count). The summed E-state index contributed by atoms with van der Waals surface area (Å²) in [6, 6.07) is 0. The molecule has 6 heteroatoms. The second kappa shape index (κ2) is 5.75. The molecule has 0 aromatic heterocycles. The molecule has 0 aliphatic heterocycles. The van der Waals surface area contributed by atoms with E-state index in [0.29, 0.717) is 6.42 Å². The van der Waals surface area contributed by atoms with Crippen molar-refractivity contribution in [3.8, 4) is 0 Å². The highest BCUT2D eigenvalue weighted by Gasteiger charge is 2.21. The van der Waals surface area contributed by atoms with Crippen LogP contribution in [0.3, 0.4) is 0 Å². The first-order chi connectivity index (χ1) is 7.56. The minimum absolute atomic E-state index is 0.621. The standard InChI is InChI=1S/C11H20N2O4/c1-7-11(5,6)17-9(15)13-12-8(14)16-10(2,3)4/h7H2,1-6H3. The number of ether oxygens (including phenoxy) is 2. The van der Waals surface area contributed by atoms with Crippen LogP contribution in [0.1, 0.15) is 48.0 Å². The van der Waals surface area contributed by atoms with Gasteiger partial charge in [-0.3, -0.25) is 0 Å². The van der Waals surface area contributed by atoms with E-state index in [1.54, 1.807) is 34.6 Å². The number of hydrogen-bond acceptors (Lipinski definition) is 4. The fourth-order valence-electron chi connectivity index (χ4n) is 0.693. The summed E-state index contributed by atoms with van der Waals surface area (Å²) in [5.74, 6) is 0. The highest BCUT2D eigenvalue weighted by atomic mass is 16.6. The molecular weight excluding hydrogens is 224 g/mol. The van der Waals surface area contributed by atoms with E-state index in [1.165, 1.54) is 0 Å². The van der Waals surface area contributed by atoms with Crippen LogP contribution in [0.2, 0.25) is 0 Å². The molecule has 2 amide bonds. The molecule has 0 atom stereocenters. The van der Waals surface area contributed by atoms with Gasteiger partial charge in [0.15, 0.2) is 0 Å². The highest BCUT2D eigenvalue weighted by molar-refractivity contribution is 5.73. The molecule has 0 fully saturated rings. The molecule has 0 heterocycles. The van der Waals surface area contributed by atoms with Gasteiger partial charge in [-0.25, -0.2) is 9.59 Å². The van der Waals surface area contributed by atoms with E-state index in [2.05, 4.69) is 10.2 Å². The molecule has 0 N–H and O–H groups in total. The molecule has 0 saturated heterocycles. The topological polar surface area (TPSA) is 77.3 Å². The van der Waals surface area contributed by atoms with Crippen molar-refractivity contribution in [2.75, 3.05) is 0 Å². The fraction of sp³-hybridized carbons (Fsp3) is 0.818. The van der Waals surface area contributed by atoms with Crippen LogP contribution >= 0.6 is 0 Å². The molecule has 98 valence electrons. The van der Waals surface area contributed by atoms with Crippen LogP contribution in [-0.4, -0.2) is 23.4 Å². The second-order valence-electron chi connectivity index (χ2n) is 5.16. The number of carbonyl (C=O) groups excluding carboxylic acids is 2. The van der Waals surface area contributed by atoms with Crippen molar-refractivity contribution in [1.82, 2.24) is 0 Å². The lowest BCUT2D eigenvalue weighted by molar-refractivity contribution is 0.0396. The number of azo groups is 1. The van der Waals surface area contributed by atoms with E-state index in [-0.39, 0.29) is 0 Å². The maximum atomic E-state index is 11.2. The zero-order valence-corrected chi connectivity index (χ0v) is 11.2. The van der Waals surface area contributed by atoms with Crippen molar-refractivity contribution in [3.05, 3.63) is 0 Å². The Bertz CT molecular complexity index is 316. The average Bonchev–Trinajstić information content (AvgIpc) is 2.11. The Morgan fingerprint density at radius 1 is 0.941 bits per heavy atom. The van der Waals surface area contributed by atoms with Crippen LogP contribution in [0.5, 0.6) is 0 Å². The Morgan fingerprint density at radius 3 is 1.71 bits per heavy atom. The molecule has 0 bridgehead atoms. The fourth-order valence-corrected chi connectivity index (χ4v) is 0.693. The van der Waals surface area contributed by atoms with Crippen LogP contribution in [0, 0.1) is 0 Å². The zero-order valence-electron chi connectivity index (χ0n) is 11.2. The Balaban J connectivity index is 4.26. The predicted octanol–water partition coefficient (Wildman–Crippen LogP) is 3.70. The Kier molecular flexibility index (Phi) is 5.25. The van der Waals surface area contributed by atoms with Crippen LogP contribution in [-0.2, 0) is 9.47 Å². The molecule has 0 saturated carbocycles. The lowest BCUT2D eigenvalue weighted by Crippen LogP contribution is -2.25. The smallest absolute Gasteiger partial charge is 0.441 e. The summed E-state index contributed by atoms with van der Waals surface area (Å²) in [7, 11) is 0. The van der Waals surface area contributed by atoms with Crippen molar-refractivity contribution in [1.29, 1.82) is 0 Å². The molecule has 0 radical (unpaired) electrons. The van der Waals surface area contributed by atoms with Gasteiger partial charge in [-0.15, -0.1) is 0 Å². The summed E-state index contributed by atoms with van der Waals surface area (Å²) in [5.41, 5.74) is -1.28. The Morgan fingerprint density at radius 2 is 1.35 bits per heavy atom. The Labute approximate surface area is 101 Å². The first-order valence-electron chi connectivity index (χ1n) is 5.43. The molecule has 0 aromatic carbocycles. The summed E-state index contributed by atoms with van der Waals surface area (Å²) in [6.45, 7) is 10.4. The van der Waals surface area contributed by atoms with Gasteiger partial charge in [-0.2, -0.15) is 0 Å². The normalized spacial score (nSPS) is 12.6. The SMILES string of the molecule is CCC(C)(C)OC(=O)N=NC(=O)OC(C)(C)C. The van der Waals surface area contributed by atoms with Crippen molar-refractivity contribution in [3.63, 3.8) is 0 Å². The predicted molar refractivity (Wildman–Crippen MR) is 61.9 cm³/mol. The zero-order chi connectivity index (χ0) is 13.7. The van der Waals surface area contributed by atoms with Gasteiger partial charge in [0.25, 0.3) is 0 Å². The Hall–Kier alpha value is -1.46. The van der Waals surface area contributed by atoms with Crippen LogP contribution in [0.4, 0.5) is 9.59 Å². The number of nitrogens with zero attached hydrogens (tertiary/aromatic N) is 2. The van der Waals surface area contributed by atoms with Gasteiger partial charge in [-0.05, 0) is 41.0 Å². The van der Waals surface area contributed by atoms with Crippen molar-refractivity contribution < 1.29 is 19.1 Å². The van der Waals surface area contributed by atoms with Gasteiger partial charge >= 0.3 is 12.2 Å². The monoisotopic (exact) mass is 244 g/mol. The van der Waals surface area contributed by atoms with E-state index in [0.717, 1.165) is 0 Å². The number of amides is 2. The van der Waals surface area contributed by atoms with Crippen LogP contribution < -0.4 is 0 Å². The molecule has 0 unspecified atom stereocenters. The van der Waals surface area contributed by atoms with Gasteiger partial charge in [0, 0.05) is 0 Å². The first-order valence-corrected chi connectivity index (χ1v) is 5.43. The van der Waals surface area contributed by atoms with Gasteiger partial charge in [0.05, 0.1) is 0 Å². The lowest BCUT2D eigenvalue weighted by atomic mass is 10.1. The number of hydrogen-bond donors (Lipinski definition) is 0. The first kappa shape index (κ1) is 15.5. The minimum Gasteiger partial charge on any atom is -0.441 e. The minimum atomic E-state index is -0.913. The largest absolute Gasteiger partial charge is 0.453 e. The van der Waals surface area contributed by atoms with Gasteiger partial charge in [0.1, 0.15) is 11.2 Å². The molecule has 0 aromatic rings. The van der Waals surface area contributed by atoms with Gasteiger partial charge in [-0.1, -0.05) is 17.2 Å². The summed E-state index contributed by atoms with van der Waals surface area (Å²) in [6.07, 6.45) is -1.17. The third kappa shape index (κ3) is 8.36. The molecule has 0 spiro atoms. The summed E-state index contributed by atoms with van der Waals surface area (Å²) < 4.78 is 9.80. The van der Waals surface area contributed by atoms with Gasteiger partial charge in [0.2, 0.25) is 0 Å². The summed E-state index contributed by atoms with van der Waals surface area (Å²) in [5, 5.41) is 6.25. The van der Waals surface area contributed by atoms with E-state index < -0.39 is 23.4 Å². The van der Waals surface area contributed by atoms with Crippen molar-refractivity contribution >= 4 is 12.2 Å². The molecule has 17 heavy (non-hydrogen) atoms. The second-order valence-corrected chi connectivity index (χ2v) is 5.16. The molecule has 0 aliphatic rings. The molecule has 6 nitrogen and oxygen atoms in total. The summed E-state index contributed by atoms with van der Waals surface area (Å²) in [4.78, 5) is 22.3. The molecular formula is C11H20N2O4. The third-order valence-electron chi connectivity index (χ3n) is 1.82. The van der Waals surface area contributed by atoms with E-state index in [1.807, 2.05) is 6.92 Å².